The lowest BCUT2D eigenvalue weighted by Gasteiger charge is -2.20. The highest BCUT2D eigenvalue weighted by atomic mass is 32.2. The van der Waals surface area contributed by atoms with Crippen LogP contribution in [0.1, 0.15) is 64.4 Å². The van der Waals surface area contributed by atoms with Crippen LogP contribution in [0.2, 0.25) is 0 Å². The second kappa shape index (κ2) is 13.4. The number of nitrogen functional groups attached to an aromatic ring is 1. The molecular formula is C22H36N2O4S. The predicted octanol–water partition coefficient (Wildman–Crippen LogP) is 4.43. The Balaban J connectivity index is 2.67. The molecule has 29 heavy (non-hydrogen) atoms. The van der Waals surface area contributed by atoms with Crippen LogP contribution >= 0.6 is 0 Å². The molecule has 0 bridgehead atoms. The van der Waals surface area contributed by atoms with Gasteiger partial charge >= 0.3 is 5.97 Å². The quantitative estimate of drug-likeness (QED) is 0.271. The molecule has 164 valence electrons. The van der Waals surface area contributed by atoms with Crippen molar-refractivity contribution < 1.29 is 17.9 Å². The summed E-state index contributed by atoms with van der Waals surface area (Å²) in [5.74, 6) is 0.387. The molecule has 0 radical (unpaired) electrons. The first-order valence-electron chi connectivity index (χ1n) is 10.3. The Bertz CT molecular complexity index is 728. The fourth-order valence-corrected chi connectivity index (χ4v) is 4.17. The fourth-order valence-electron chi connectivity index (χ4n) is 2.90. The number of anilines is 1. The van der Waals surface area contributed by atoms with Crippen molar-refractivity contribution in [3.05, 3.63) is 35.2 Å². The number of esters is 1. The minimum atomic E-state index is -3.51. The van der Waals surface area contributed by atoms with Gasteiger partial charge in [0.25, 0.3) is 0 Å². The highest BCUT2D eigenvalue weighted by Gasteiger charge is 2.18. The van der Waals surface area contributed by atoms with Gasteiger partial charge in [-0.25, -0.2) is 8.42 Å². The highest BCUT2D eigenvalue weighted by molar-refractivity contribution is 7.92. The van der Waals surface area contributed by atoms with Gasteiger partial charge in [0.15, 0.2) is 0 Å². The summed E-state index contributed by atoms with van der Waals surface area (Å²) in [5, 5.41) is 1.27. The Morgan fingerprint density at radius 2 is 1.69 bits per heavy atom. The van der Waals surface area contributed by atoms with Crippen LogP contribution in [0.25, 0.3) is 6.08 Å². The van der Waals surface area contributed by atoms with Gasteiger partial charge in [-0.2, -0.15) is 4.31 Å². The second-order valence-electron chi connectivity index (χ2n) is 7.69. The average Bonchev–Trinajstić information content (AvgIpc) is 2.68. The van der Waals surface area contributed by atoms with E-state index in [0.29, 0.717) is 37.5 Å². The molecule has 0 atom stereocenters. The Labute approximate surface area is 176 Å². The molecule has 0 spiro atoms. The van der Waals surface area contributed by atoms with Gasteiger partial charge in [0.2, 0.25) is 10.0 Å². The number of nitrogens with two attached hydrogens (primary N) is 1. The first-order valence-corrected chi connectivity index (χ1v) is 11.9. The van der Waals surface area contributed by atoms with E-state index in [-0.39, 0.29) is 5.97 Å². The van der Waals surface area contributed by atoms with Gasteiger partial charge in [-0.15, -0.1) is 0 Å². The van der Waals surface area contributed by atoms with Crippen LogP contribution in [0.3, 0.4) is 0 Å². The van der Waals surface area contributed by atoms with E-state index in [1.54, 1.807) is 34.6 Å². The van der Waals surface area contributed by atoms with Crippen LogP contribution in [0, 0.1) is 5.92 Å². The Morgan fingerprint density at radius 1 is 1.07 bits per heavy atom. The van der Waals surface area contributed by atoms with E-state index in [1.165, 1.54) is 12.5 Å². The van der Waals surface area contributed by atoms with Gasteiger partial charge in [-0.1, -0.05) is 45.2 Å². The van der Waals surface area contributed by atoms with Crippen molar-refractivity contribution in [2.75, 3.05) is 25.9 Å². The van der Waals surface area contributed by atoms with Crippen LogP contribution in [0.5, 0.6) is 0 Å². The SMILES string of the molecule is COC(=O)CCCCCN(CCCCC(C)C)S(=O)(=O)/C=C/c1ccc(N)cc1. The number of methoxy groups -OCH3 is 1. The third-order valence-corrected chi connectivity index (χ3v) is 6.25. The van der Waals surface area contributed by atoms with Crippen LogP contribution in [0.4, 0.5) is 5.69 Å². The number of hydrogen-bond acceptors (Lipinski definition) is 5. The molecule has 0 aliphatic heterocycles. The molecule has 0 fully saturated rings. The highest BCUT2D eigenvalue weighted by Crippen LogP contribution is 2.14. The maximum absolute atomic E-state index is 12.9. The minimum Gasteiger partial charge on any atom is -0.469 e. The molecule has 1 rings (SSSR count). The molecule has 6 nitrogen and oxygen atoms in total. The molecule has 0 saturated carbocycles. The number of sulfonamides is 1. The van der Waals surface area contributed by atoms with Gasteiger partial charge in [0, 0.05) is 30.6 Å². The van der Waals surface area contributed by atoms with Gasteiger partial charge in [0.1, 0.15) is 0 Å². The number of unbranched alkanes of at least 4 members (excludes halogenated alkanes) is 3. The molecule has 0 aliphatic rings. The smallest absolute Gasteiger partial charge is 0.305 e. The largest absolute Gasteiger partial charge is 0.469 e. The number of rotatable bonds is 14. The summed E-state index contributed by atoms with van der Waals surface area (Å²) in [4.78, 5) is 11.2. The lowest BCUT2D eigenvalue weighted by Crippen LogP contribution is -2.31. The lowest BCUT2D eigenvalue weighted by molar-refractivity contribution is -0.140. The van der Waals surface area contributed by atoms with Gasteiger partial charge in [-0.05, 0) is 49.0 Å². The Kier molecular flexibility index (Phi) is 11.6. The minimum absolute atomic E-state index is 0.227. The van der Waals surface area contributed by atoms with Crippen LogP contribution < -0.4 is 5.73 Å². The molecule has 1 aromatic carbocycles. The van der Waals surface area contributed by atoms with Crippen LogP contribution in [0.15, 0.2) is 29.7 Å². The molecule has 2 N–H and O–H groups in total. The third kappa shape index (κ3) is 11.0. The van der Waals surface area contributed by atoms with Crippen LogP contribution in [-0.2, 0) is 19.6 Å². The van der Waals surface area contributed by atoms with E-state index in [0.717, 1.165) is 37.7 Å². The first-order chi connectivity index (χ1) is 13.7. The standard InChI is InChI=1S/C22H36N2O4S/c1-19(2)9-6-8-17-24(16-7-4-5-10-22(25)28-3)29(26,27)18-15-20-11-13-21(23)14-12-20/h11-15,18-19H,4-10,16-17,23H2,1-3H3/b18-15+. The van der Waals surface area contributed by atoms with E-state index < -0.39 is 10.0 Å². The third-order valence-electron chi connectivity index (χ3n) is 4.68. The van der Waals surface area contributed by atoms with E-state index in [1.807, 2.05) is 0 Å². The zero-order valence-corrected chi connectivity index (χ0v) is 18.8. The molecule has 0 unspecified atom stereocenters. The van der Waals surface area contributed by atoms with Gasteiger partial charge < -0.3 is 10.5 Å². The fraction of sp³-hybridized carbons (Fsp3) is 0.591. The van der Waals surface area contributed by atoms with Crippen molar-refractivity contribution in [1.29, 1.82) is 0 Å². The predicted molar refractivity (Wildman–Crippen MR) is 120 cm³/mol. The summed E-state index contributed by atoms with van der Waals surface area (Å²) in [6, 6.07) is 7.08. The number of benzene rings is 1. The molecule has 0 aliphatic carbocycles. The summed E-state index contributed by atoms with van der Waals surface area (Å²) in [7, 11) is -2.13. The zero-order chi connectivity index (χ0) is 21.7. The number of hydrogen-bond donors (Lipinski definition) is 1. The van der Waals surface area contributed by atoms with Crippen molar-refractivity contribution in [2.24, 2.45) is 5.92 Å². The number of nitrogens with zero attached hydrogens (tertiary/aromatic N) is 1. The van der Waals surface area contributed by atoms with Crippen LogP contribution in [-0.4, -0.2) is 38.9 Å². The maximum Gasteiger partial charge on any atom is 0.305 e. The molecule has 0 saturated heterocycles. The maximum atomic E-state index is 12.9. The zero-order valence-electron chi connectivity index (χ0n) is 18.0. The first kappa shape index (κ1) is 25.2. The molecule has 0 heterocycles. The van der Waals surface area contributed by atoms with E-state index in [2.05, 4.69) is 18.6 Å². The number of carbonyl (C=O) groups is 1. The summed E-state index contributed by atoms with van der Waals surface area (Å²) in [6.45, 7) is 5.31. The molecule has 0 amide bonds. The van der Waals surface area contributed by atoms with Gasteiger partial charge in [0.05, 0.1) is 7.11 Å². The number of ether oxygens (including phenoxy) is 1. The van der Waals surface area contributed by atoms with Crippen molar-refractivity contribution in [2.45, 2.75) is 58.8 Å². The average molecular weight is 425 g/mol. The lowest BCUT2D eigenvalue weighted by atomic mass is 10.1. The molecule has 0 aromatic heterocycles. The van der Waals surface area contributed by atoms with E-state index in [4.69, 9.17) is 5.73 Å². The summed E-state index contributed by atoms with van der Waals surface area (Å²) < 4.78 is 31.9. The second-order valence-corrected chi connectivity index (χ2v) is 9.51. The topological polar surface area (TPSA) is 89.7 Å². The Hall–Kier alpha value is -1.86. The molecular weight excluding hydrogens is 388 g/mol. The van der Waals surface area contributed by atoms with E-state index in [9.17, 15) is 13.2 Å². The van der Waals surface area contributed by atoms with Crippen molar-refractivity contribution >= 4 is 27.8 Å². The van der Waals surface area contributed by atoms with E-state index >= 15 is 0 Å². The van der Waals surface area contributed by atoms with Crippen molar-refractivity contribution in [1.82, 2.24) is 4.31 Å². The normalized spacial score (nSPS) is 12.2. The summed E-state index contributed by atoms with van der Waals surface area (Å²) in [5.41, 5.74) is 7.11. The van der Waals surface area contributed by atoms with Gasteiger partial charge in [-0.3, -0.25) is 4.79 Å². The monoisotopic (exact) mass is 424 g/mol. The molecule has 7 heteroatoms. The number of carbonyl (C=O) groups excluding carboxylic acids is 1. The van der Waals surface area contributed by atoms with Crippen molar-refractivity contribution in [3.63, 3.8) is 0 Å². The summed E-state index contributed by atoms with van der Waals surface area (Å²) in [6.07, 6.45) is 7.12. The molecule has 1 aromatic rings. The van der Waals surface area contributed by atoms with Crippen molar-refractivity contribution in [3.8, 4) is 0 Å². The summed E-state index contributed by atoms with van der Waals surface area (Å²) >= 11 is 0. The Morgan fingerprint density at radius 3 is 2.28 bits per heavy atom.